The number of aromatic hydroxyl groups is 2. The lowest BCUT2D eigenvalue weighted by atomic mass is 10.1. The molecule has 2 aromatic carbocycles. The molecule has 0 saturated carbocycles. The molecule has 2 rings (SSSR count). The van der Waals surface area contributed by atoms with Gasteiger partial charge in [-0.1, -0.05) is 18.2 Å². The number of benzene rings is 2. The topological polar surface area (TPSA) is 90.1 Å². The molecule has 0 aliphatic carbocycles. The van der Waals surface area contributed by atoms with Crippen LogP contribution in [0.15, 0.2) is 53.5 Å². The van der Waals surface area contributed by atoms with E-state index in [9.17, 15) is 15.0 Å². The van der Waals surface area contributed by atoms with Crippen LogP contribution in [0.3, 0.4) is 0 Å². The fraction of sp³-hybridized carbons (Fsp3) is 0. The molecule has 0 aliphatic heterocycles. The Kier molecular flexibility index (Phi) is 4.36. The van der Waals surface area contributed by atoms with E-state index in [2.05, 4.69) is 4.99 Å². The lowest BCUT2D eigenvalue weighted by molar-refractivity contribution is -0.131. The molecule has 0 heterocycles. The van der Waals surface area contributed by atoms with Crippen LogP contribution in [-0.4, -0.2) is 27.5 Å². The van der Waals surface area contributed by atoms with Crippen molar-refractivity contribution in [2.75, 3.05) is 0 Å². The molecule has 21 heavy (non-hydrogen) atoms. The Labute approximate surface area is 121 Å². The van der Waals surface area contributed by atoms with Crippen LogP contribution >= 0.6 is 0 Å². The number of aliphatic imine (C=N–C) groups is 1. The van der Waals surface area contributed by atoms with Crippen LogP contribution in [0.25, 0.3) is 6.08 Å². The highest BCUT2D eigenvalue weighted by atomic mass is 16.4. The summed E-state index contributed by atoms with van der Waals surface area (Å²) in [6, 6.07) is 11.3. The predicted octanol–water partition coefficient (Wildman–Crippen LogP) is 2.95. The fourth-order valence-corrected chi connectivity index (χ4v) is 1.66. The van der Waals surface area contributed by atoms with Crippen molar-refractivity contribution < 1.29 is 20.1 Å². The first-order valence-corrected chi connectivity index (χ1v) is 6.12. The van der Waals surface area contributed by atoms with Gasteiger partial charge in [0.2, 0.25) is 0 Å². The van der Waals surface area contributed by atoms with Crippen LogP contribution in [0.1, 0.15) is 11.1 Å². The lowest BCUT2D eigenvalue weighted by Crippen LogP contribution is -1.85. The van der Waals surface area contributed by atoms with Crippen molar-refractivity contribution in [3.05, 3.63) is 59.7 Å². The number of carbonyl (C=O) groups is 1. The van der Waals surface area contributed by atoms with Crippen LogP contribution in [-0.2, 0) is 4.79 Å². The molecule has 0 saturated heterocycles. The summed E-state index contributed by atoms with van der Waals surface area (Å²) in [6.07, 6.45) is 3.80. The number of aliphatic carboxylic acids is 1. The van der Waals surface area contributed by atoms with E-state index in [-0.39, 0.29) is 11.5 Å². The monoisotopic (exact) mass is 283 g/mol. The van der Waals surface area contributed by atoms with Gasteiger partial charge in [-0.3, -0.25) is 4.99 Å². The van der Waals surface area contributed by atoms with E-state index in [1.165, 1.54) is 18.4 Å². The molecule has 5 heteroatoms. The van der Waals surface area contributed by atoms with Gasteiger partial charge in [-0.2, -0.15) is 0 Å². The van der Waals surface area contributed by atoms with Gasteiger partial charge in [-0.15, -0.1) is 0 Å². The minimum absolute atomic E-state index is 0.0748. The Hall–Kier alpha value is -3.08. The maximum Gasteiger partial charge on any atom is 0.328 e. The van der Waals surface area contributed by atoms with E-state index in [1.807, 2.05) is 0 Å². The van der Waals surface area contributed by atoms with E-state index in [4.69, 9.17) is 5.11 Å². The van der Waals surface area contributed by atoms with Crippen molar-refractivity contribution in [1.82, 2.24) is 0 Å². The average molecular weight is 283 g/mol. The molecule has 0 spiro atoms. The molecule has 0 fully saturated rings. The molecule has 0 bridgehead atoms. The Morgan fingerprint density at radius 3 is 2.48 bits per heavy atom. The van der Waals surface area contributed by atoms with Gasteiger partial charge in [0.1, 0.15) is 17.2 Å². The summed E-state index contributed by atoms with van der Waals surface area (Å²) in [5.74, 6) is -1.04. The molecular weight excluding hydrogens is 270 g/mol. The normalized spacial score (nSPS) is 11.2. The Bertz CT molecular complexity index is 720. The van der Waals surface area contributed by atoms with E-state index >= 15 is 0 Å². The second kappa shape index (κ2) is 6.38. The Morgan fingerprint density at radius 2 is 1.81 bits per heavy atom. The lowest BCUT2D eigenvalue weighted by Gasteiger charge is -2.01. The summed E-state index contributed by atoms with van der Waals surface area (Å²) in [7, 11) is 0. The zero-order valence-corrected chi connectivity index (χ0v) is 11.0. The van der Waals surface area contributed by atoms with Crippen LogP contribution < -0.4 is 0 Å². The third kappa shape index (κ3) is 3.94. The number of phenols is 2. The molecule has 0 radical (unpaired) electrons. The number of para-hydroxylation sites is 1. The van der Waals surface area contributed by atoms with Gasteiger partial charge >= 0.3 is 5.97 Å². The van der Waals surface area contributed by atoms with Crippen LogP contribution in [0, 0.1) is 0 Å². The summed E-state index contributed by atoms with van der Waals surface area (Å²) >= 11 is 0. The Balaban J connectivity index is 2.22. The summed E-state index contributed by atoms with van der Waals surface area (Å²) < 4.78 is 0. The highest BCUT2D eigenvalue weighted by Crippen LogP contribution is 2.28. The number of phenolic OH excluding ortho intramolecular Hbond substituents is 2. The first-order chi connectivity index (χ1) is 10.1. The van der Waals surface area contributed by atoms with Crippen molar-refractivity contribution in [3.8, 4) is 11.5 Å². The standard InChI is InChI=1S/C16H13NO4/c18-14-4-2-1-3-12(14)10-17-13-7-5-11(9-15(13)19)6-8-16(20)21/h1-10,18-19H,(H,20,21)/b8-6+,17-10?. The van der Waals surface area contributed by atoms with Gasteiger partial charge in [-0.05, 0) is 35.9 Å². The largest absolute Gasteiger partial charge is 0.507 e. The van der Waals surface area contributed by atoms with Gasteiger partial charge in [0.15, 0.2) is 0 Å². The number of carboxylic acids is 1. The van der Waals surface area contributed by atoms with E-state index in [1.54, 1.807) is 36.4 Å². The van der Waals surface area contributed by atoms with Crippen molar-refractivity contribution in [3.63, 3.8) is 0 Å². The molecular formula is C16H13NO4. The third-order valence-corrected chi connectivity index (χ3v) is 2.70. The number of rotatable bonds is 4. The highest BCUT2D eigenvalue weighted by Gasteiger charge is 2.01. The van der Waals surface area contributed by atoms with Gasteiger partial charge in [0.25, 0.3) is 0 Å². The van der Waals surface area contributed by atoms with Crippen molar-refractivity contribution in [1.29, 1.82) is 0 Å². The SMILES string of the molecule is O=C(O)/C=C/c1ccc(N=Cc2ccccc2O)c(O)c1. The van der Waals surface area contributed by atoms with Gasteiger partial charge in [-0.25, -0.2) is 4.79 Å². The average Bonchev–Trinajstić information content (AvgIpc) is 2.45. The van der Waals surface area contributed by atoms with Crippen molar-refractivity contribution >= 4 is 23.9 Å². The quantitative estimate of drug-likeness (QED) is 0.594. The molecule has 2 aromatic rings. The zero-order chi connectivity index (χ0) is 15.2. The molecule has 0 aromatic heterocycles. The van der Waals surface area contributed by atoms with Crippen molar-refractivity contribution in [2.45, 2.75) is 0 Å². The van der Waals surface area contributed by atoms with E-state index < -0.39 is 5.97 Å². The number of hydrogen-bond acceptors (Lipinski definition) is 4. The van der Waals surface area contributed by atoms with E-state index in [0.717, 1.165) is 6.08 Å². The molecule has 0 amide bonds. The van der Waals surface area contributed by atoms with Crippen LogP contribution in [0.2, 0.25) is 0 Å². The van der Waals surface area contributed by atoms with Gasteiger partial charge in [0, 0.05) is 17.9 Å². The maximum atomic E-state index is 10.4. The number of nitrogens with zero attached hydrogens (tertiary/aromatic N) is 1. The van der Waals surface area contributed by atoms with Crippen molar-refractivity contribution in [2.24, 2.45) is 4.99 Å². The first kappa shape index (κ1) is 14.3. The minimum Gasteiger partial charge on any atom is -0.507 e. The second-order valence-electron chi connectivity index (χ2n) is 4.24. The van der Waals surface area contributed by atoms with E-state index in [0.29, 0.717) is 16.8 Å². The van der Waals surface area contributed by atoms with Crippen LogP contribution in [0.5, 0.6) is 11.5 Å². The number of hydrogen-bond donors (Lipinski definition) is 3. The summed E-state index contributed by atoms with van der Waals surface area (Å²) in [4.78, 5) is 14.5. The minimum atomic E-state index is -1.06. The van der Waals surface area contributed by atoms with Gasteiger partial charge < -0.3 is 15.3 Å². The third-order valence-electron chi connectivity index (χ3n) is 2.70. The molecule has 0 aliphatic rings. The molecule has 5 nitrogen and oxygen atoms in total. The first-order valence-electron chi connectivity index (χ1n) is 6.12. The van der Waals surface area contributed by atoms with Gasteiger partial charge in [0.05, 0.1) is 0 Å². The molecule has 3 N–H and O–H groups in total. The zero-order valence-electron chi connectivity index (χ0n) is 11.0. The predicted molar refractivity (Wildman–Crippen MR) is 80.1 cm³/mol. The summed E-state index contributed by atoms with van der Waals surface area (Å²) in [5.41, 5.74) is 1.41. The smallest absolute Gasteiger partial charge is 0.328 e. The van der Waals surface area contributed by atoms with Crippen LogP contribution in [0.4, 0.5) is 5.69 Å². The second-order valence-corrected chi connectivity index (χ2v) is 4.24. The maximum absolute atomic E-state index is 10.4. The number of carboxylic acid groups (broad SMARTS) is 1. The highest BCUT2D eigenvalue weighted by molar-refractivity contribution is 5.87. The summed E-state index contributed by atoms with van der Waals surface area (Å²) in [5, 5.41) is 28.0. The summed E-state index contributed by atoms with van der Waals surface area (Å²) in [6.45, 7) is 0. The fourth-order valence-electron chi connectivity index (χ4n) is 1.66. The Morgan fingerprint density at radius 1 is 1.05 bits per heavy atom. The molecule has 0 atom stereocenters. The molecule has 106 valence electrons. The molecule has 0 unspecified atom stereocenters.